The molecule has 2 unspecified atom stereocenters. The molecule has 0 saturated heterocycles. The Morgan fingerprint density at radius 1 is 1.21 bits per heavy atom. The van der Waals surface area contributed by atoms with Gasteiger partial charge in [0.25, 0.3) is 0 Å². The summed E-state index contributed by atoms with van der Waals surface area (Å²) in [5, 5.41) is 1.32. The summed E-state index contributed by atoms with van der Waals surface area (Å²) in [5.41, 5.74) is 7.26. The average molecular weight is 302 g/mol. The highest BCUT2D eigenvalue weighted by Crippen LogP contribution is 2.35. The lowest BCUT2D eigenvalue weighted by Gasteiger charge is -2.33. The van der Waals surface area contributed by atoms with Crippen molar-refractivity contribution >= 4 is 23.2 Å². The molecule has 1 saturated carbocycles. The monoisotopic (exact) mass is 301 g/mol. The van der Waals surface area contributed by atoms with Crippen molar-refractivity contribution in [3.8, 4) is 0 Å². The largest absolute Gasteiger partial charge is 0.379 e. The molecule has 1 fully saturated rings. The topological polar surface area (TPSA) is 35.2 Å². The van der Waals surface area contributed by atoms with Gasteiger partial charge in [-0.15, -0.1) is 0 Å². The van der Waals surface area contributed by atoms with Gasteiger partial charge in [0.05, 0.1) is 12.1 Å². The lowest BCUT2D eigenvalue weighted by molar-refractivity contribution is 0.0173. The predicted octanol–water partition coefficient (Wildman–Crippen LogP) is 4.59. The molecule has 1 aromatic carbocycles. The average Bonchev–Trinajstić information content (AvgIpc) is 2.43. The van der Waals surface area contributed by atoms with Gasteiger partial charge in [0.2, 0.25) is 0 Å². The summed E-state index contributed by atoms with van der Waals surface area (Å²) >= 11 is 12.3. The third kappa shape index (κ3) is 3.63. The molecule has 0 spiro atoms. The van der Waals surface area contributed by atoms with Gasteiger partial charge >= 0.3 is 0 Å². The molecule has 0 amide bonds. The van der Waals surface area contributed by atoms with Crippen LogP contribution in [0.25, 0.3) is 0 Å². The van der Waals surface area contributed by atoms with Gasteiger partial charge in [-0.25, -0.2) is 0 Å². The number of hydrogen-bond acceptors (Lipinski definition) is 2. The fraction of sp³-hybridized carbons (Fsp3) is 0.600. The van der Waals surface area contributed by atoms with Gasteiger partial charge in [0.1, 0.15) is 0 Å². The minimum absolute atomic E-state index is 0.0104. The van der Waals surface area contributed by atoms with E-state index in [1.54, 1.807) is 19.2 Å². The summed E-state index contributed by atoms with van der Waals surface area (Å²) < 4.78 is 5.67. The minimum Gasteiger partial charge on any atom is -0.379 e. The molecule has 0 aromatic heterocycles. The molecule has 2 rings (SSSR count). The molecule has 2 nitrogen and oxygen atoms in total. The maximum Gasteiger partial charge on any atom is 0.0792 e. The zero-order valence-electron chi connectivity index (χ0n) is 11.2. The van der Waals surface area contributed by atoms with E-state index in [9.17, 15) is 0 Å². The van der Waals surface area contributed by atoms with Crippen molar-refractivity contribution in [1.29, 1.82) is 0 Å². The van der Waals surface area contributed by atoms with E-state index in [0.717, 1.165) is 5.56 Å². The van der Waals surface area contributed by atoms with Crippen molar-refractivity contribution in [3.05, 3.63) is 33.8 Å². The fourth-order valence-corrected chi connectivity index (χ4v) is 3.47. The molecular formula is C15H21Cl2NO. The van der Waals surface area contributed by atoms with Crippen LogP contribution in [0.4, 0.5) is 0 Å². The van der Waals surface area contributed by atoms with Crippen LogP contribution < -0.4 is 5.73 Å². The van der Waals surface area contributed by atoms with Gasteiger partial charge in [-0.3, -0.25) is 0 Å². The number of nitrogens with two attached hydrogens (primary N) is 1. The van der Waals surface area contributed by atoms with Gasteiger partial charge in [0, 0.05) is 17.2 Å². The van der Waals surface area contributed by atoms with Crippen molar-refractivity contribution < 1.29 is 4.74 Å². The Bertz CT molecular complexity index is 419. The molecule has 2 N–H and O–H groups in total. The van der Waals surface area contributed by atoms with E-state index in [0.29, 0.717) is 16.0 Å². The molecule has 106 valence electrons. The molecule has 0 heterocycles. The van der Waals surface area contributed by atoms with E-state index in [2.05, 4.69) is 0 Å². The second kappa shape index (κ2) is 6.94. The highest BCUT2D eigenvalue weighted by Gasteiger charge is 2.30. The Kier molecular flexibility index (Phi) is 5.52. The standard InChI is InChI=1S/C15H21Cl2NO/c1-19-15(10-5-3-2-4-6-10)14(18)12-9-11(16)7-8-13(12)17/h7-10,14-15H,2-6,18H2,1H3. The number of hydrogen-bond donors (Lipinski definition) is 1. The van der Waals surface area contributed by atoms with Gasteiger partial charge in [-0.1, -0.05) is 42.5 Å². The molecule has 1 aromatic rings. The minimum atomic E-state index is -0.223. The molecule has 19 heavy (non-hydrogen) atoms. The SMILES string of the molecule is COC(C1CCCCC1)C(N)c1cc(Cl)ccc1Cl. The summed E-state index contributed by atoms with van der Waals surface area (Å²) in [6.07, 6.45) is 6.23. The van der Waals surface area contributed by atoms with Crippen molar-refractivity contribution in [2.45, 2.75) is 44.2 Å². The third-order valence-corrected chi connectivity index (χ3v) is 4.64. The van der Waals surface area contributed by atoms with Crippen molar-refractivity contribution in [1.82, 2.24) is 0 Å². The highest BCUT2D eigenvalue weighted by atomic mass is 35.5. The molecule has 0 radical (unpaired) electrons. The zero-order chi connectivity index (χ0) is 13.8. The van der Waals surface area contributed by atoms with Gasteiger partial charge in [-0.05, 0) is 42.5 Å². The van der Waals surface area contributed by atoms with Crippen LogP contribution in [0.5, 0.6) is 0 Å². The summed E-state index contributed by atoms with van der Waals surface area (Å²) in [6.45, 7) is 0. The number of ether oxygens (including phenoxy) is 1. The molecule has 1 aliphatic rings. The van der Waals surface area contributed by atoms with Crippen LogP contribution in [0.3, 0.4) is 0 Å². The quantitative estimate of drug-likeness (QED) is 0.883. The Morgan fingerprint density at radius 3 is 2.53 bits per heavy atom. The normalized spacial score (nSPS) is 20.2. The van der Waals surface area contributed by atoms with Crippen LogP contribution in [0, 0.1) is 5.92 Å². The third-order valence-electron chi connectivity index (χ3n) is 4.06. The van der Waals surface area contributed by atoms with Crippen LogP contribution in [0.2, 0.25) is 10.0 Å². The second-order valence-electron chi connectivity index (χ2n) is 5.29. The summed E-state index contributed by atoms with van der Waals surface area (Å²) in [4.78, 5) is 0. The summed E-state index contributed by atoms with van der Waals surface area (Å²) in [6, 6.07) is 5.21. The van der Waals surface area contributed by atoms with Crippen LogP contribution >= 0.6 is 23.2 Å². The van der Waals surface area contributed by atoms with E-state index in [4.69, 9.17) is 33.7 Å². The van der Waals surface area contributed by atoms with Crippen LogP contribution in [-0.2, 0) is 4.74 Å². The summed E-state index contributed by atoms with van der Waals surface area (Å²) in [5.74, 6) is 0.517. The molecule has 0 aliphatic heterocycles. The molecule has 0 bridgehead atoms. The van der Waals surface area contributed by atoms with E-state index < -0.39 is 0 Å². The smallest absolute Gasteiger partial charge is 0.0792 e. The molecule has 2 atom stereocenters. The Balaban J connectivity index is 2.19. The molecule has 1 aliphatic carbocycles. The van der Waals surface area contributed by atoms with Crippen LogP contribution in [0.1, 0.15) is 43.7 Å². The van der Waals surface area contributed by atoms with E-state index in [1.807, 2.05) is 6.07 Å². The fourth-order valence-electron chi connectivity index (χ4n) is 3.04. The van der Waals surface area contributed by atoms with E-state index >= 15 is 0 Å². The maximum absolute atomic E-state index is 6.38. The number of methoxy groups -OCH3 is 1. The van der Waals surface area contributed by atoms with Gasteiger partial charge in [-0.2, -0.15) is 0 Å². The molecular weight excluding hydrogens is 281 g/mol. The maximum atomic E-state index is 6.38. The number of rotatable bonds is 4. The van der Waals surface area contributed by atoms with Crippen molar-refractivity contribution in [2.24, 2.45) is 11.7 Å². The predicted molar refractivity (Wildman–Crippen MR) is 80.8 cm³/mol. The zero-order valence-corrected chi connectivity index (χ0v) is 12.8. The first-order valence-electron chi connectivity index (χ1n) is 6.87. The van der Waals surface area contributed by atoms with Crippen molar-refractivity contribution in [3.63, 3.8) is 0 Å². The number of benzene rings is 1. The lowest BCUT2D eigenvalue weighted by Crippen LogP contribution is -2.36. The summed E-state index contributed by atoms with van der Waals surface area (Å²) in [7, 11) is 1.73. The second-order valence-corrected chi connectivity index (χ2v) is 6.13. The van der Waals surface area contributed by atoms with Gasteiger partial charge < -0.3 is 10.5 Å². The lowest BCUT2D eigenvalue weighted by atomic mass is 9.81. The number of halogens is 2. The molecule has 4 heteroatoms. The van der Waals surface area contributed by atoms with Crippen molar-refractivity contribution in [2.75, 3.05) is 7.11 Å². The highest BCUT2D eigenvalue weighted by molar-refractivity contribution is 6.33. The first-order chi connectivity index (χ1) is 9.13. The van der Waals surface area contributed by atoms with E-state index in [1.165, 1.54) is 32.1 Å². The van der Waals surface area contributed by atoms with Crippen LogP contribution in [0.15, 0.2) is 18.2 Å². The first kappa shape index (κ1) is 15.1. The Hall–Kier alpha value is -0.280. The van der Waals surface area contributed by atoms with Crippen LogP contribution in [-0.4, -0.2) is 13.2 Å². The van der Waals surface area contributed by atoms with E-state index in [-0.39, 0.29) is 12.1 Å². The van der Waals surface area contributed by atoms with Gasteiger partial charge in [0.15, 0.2) is 0 Å². The first-order valence-corrected chi connectivity index (χ1v) is 7.62. The Morgan fingerprint density at radius 2 is 1.89 bits per heavy atom. The Labute approximate surface area is 125 Å².